The van der Waals surface area contributed by atoms with Crippen LogP contribution in [0, 0.1) is 5.92 Å². The highest BCUT2D eigenvalue weighted by atomic mass is 16.5. The number of aliphatic hydroxyl groups is 1. The fraction of sp³-hybridized carbons (Fsp3) is 1.00. The quantitative estimate of drug-likeness (QED) is 0.581. The van der Waals surface area contributed by atoms with E-state index in [-0.39, 0.29) is 12.1 Å². The van der Waals surface area contributed by atoms with Crippen LogP contribution in [0.4, 0.5) is 0 Å². The van der Waals surface area contributed by atoms with Crippen molar-refractivity contribution in [3.63, 3.8) is 0 Å². The van der Waals surface area contributed by atoms with Gasteiger partial charge in [-0.25, -0.2) is 0 Å². The fourth-order valence-corrected chi connectivity index (χ4v) is 2.23. The van der Waals surface area contributed by atoms with Crippen molar-refractivity contribution < 1.29 is 9.84 Å². The summed E-state index contributed by atoms with van der Waals surface area (Å²) in [5.41, 5.74) is 5.92. The first-order valence-electron chi connectivity index (χ1n) is 6.31. The van der Waals surface area contributed by atoms with Crippen LogP contribution in [0.3, 0.4) is 0 Å². The molecule has 1 rings (SSSR count). The predicted molar refractivity (Wildman–Crippen MR) is 65.3 cm³/mol. The van der Waals surface area contributed by atoms with Gasteiger partial charge in [-0.05, 0) is 31.7 Å². The second-order valence-electron chi connectivity index (χ2n) is 5.10. The number of nitrogens with one attached hydrogen (secondary N) is 1. The standard InChI is InChI=1S/C12H26N2O2/c1-10(2)11-8-12(9-13,4-7-16-11)14-5-3-6-15/h10-11,14-15H,3-9,13H2,1-2H3. The van der Waals surface area contributed by atoms with Crippen LogP contribution in [-0.2, 0) is 4.74 Å². The topological polar surface area (TPSA) is 67.5 Å². The zero-order chi connectivity index (χ0) is 12.0. The number of aliphatic hydroxyl groups excluding tert-OH is 1. The lowest BCUT2D eigenvalue weighted by atomic mass is 9.83. The molecule has 0 spiro atoms. The number of hydrogen-bond donors (Lipinski definition) is 3. The molecule has 0 radical (unpaired) electrons. The smallest absolute Gasteiger partial charge is 0.0616 e. The zero-order valence-corrected chi connectivity index (χ0v) is 10.5. The molecule has 0 aromatic heterocycles. The molecule has 0 amide bonds. The Morgan fingerprint density at radius 1 is 1.56 bits per heavy atom. The summed E-state index contributed by atoms with van der Waals surface area (Å²) in [6.45, 7) is 6.86. The SMILES string of the molecule is CC(C)C1CC(CN)(NCCCO)CCO1. The van der Waals surface area contributed by atoms with Gasteiger partial charge in [0.2, 0.25) is 0 Å². The molecule has 4 nitrogen and oxygen atoms in total. The lowest BCUT2D eigenvalue weighted by Crippen LogP contribution is -2.57. The molecular weight excluding hydrogens is 204 g/mol. The lowest BCUT2D eigenvalue weighted by molar-refractivity contribution is -0.0494. The molecule has 2 atom stereocenters. The first-order valence-corrected chi connectivity index (χ1v) is 6.31. The molecule has 1 saturated heterocycles. The summed E-state index contributed by atoms with van der Waals surface area (Å²) >= 11 is 0. The van der Waals surface area contributed by atoms with Gasteiger partial charge in [-0.2, -0.15) is 0 Å². The Hall–Kier alpha value is -0.160. The van der Waals surface area contributed by atoms with Gasteiger partial charge in [-0.3, -0.25) is 0 Å². The van der Waals surface area contributed by atoms with Gasteiger partial charge in [-0.15, -0.1) is 0 Å². The Morgan fingerprint density at radius 2 is 2.31 bits per heavy atom. The number of ether oxygens (including phenoxy) is 1. The van der Waals surface area contributed by atoms with Gasteiger partial charge in [0.1, 0.15) is 0 Å². The molecule has 2 unspecified atom stereocenters. The minimum absolute atomic E-state index is 0.0162. The van der Waals surface area contributed by atoms with Crippen LogP contribution in [0.15, 0.2) is 0 Å². The van der Waals surface area contributed by atoms with E-state index in [1.165, 1.54) is 0 Å². The summed E-state index contributed by atoms with van der Waals surface area (Å²) in [6.07, 6.45) is 3.04. The fourth-order valence-electron chi connectivity index (χ4n) is 2.23. The molecule has 4 N–H and O–H groups in total. The summed E-state index contributed by atoms with van der Waals surface area (Å²) in [5, 5.41) is 12.3. The molecule has 0 bridgehead atoms. The molecular formula is C12H26N2O2. The van der Waals surface area contributed by atoms with Crippen molar-refractivity contribution in [2.75, 3.05) is 26.3 Å². The summed E-state index contributed by atoms with van der Waals surface area (Å²) in [4.78, 5) is 0. The second kappa shape index (κ2) is 6.55. The number of rotatable bonds is 6. The average Bonchev–Trinajstić information content (AvgIpc) is 2.30. The Labute approximate surface area is 98.5 Å². The van der Waals surface area contributed by atoms with Crippen molar-refractivity contribution in [2.45, 2.75) is 44.8 Å². The van der Waals surface area contributed by atoms with E-state index >= 15 is 0 Å². The van der Waals surface area contributed by atoms with Crippen LogP contribution in [0.5, 0.6) is 0 Å². The van der Waals surface area contributed by atoms with Crippen molar-refractivity contribution in [2.24, 2.45) is 11.7 Å². The second-order valence-corrected chi connectivity index (χ2v) is 5.10. The van der Waals surface area contributed by atoms with Crippen LogP contribution < -0.4 is 11.1 Å². The molecule has 1 fully saturated rings. The van der Waals surface area contributed by atoms with Crippen LogP contribution in [0.2, 0.25) is 0 Å². The van der Waals surface area contributed by atoms with Crippen LogP contribution in [0.1, 0.15) is 33.1 Å². The van der Waals surface area contributed by atoms with E-state index in [1.807, 2.05) is 0 Å². The maximum atomic E-state index is 8.80. The predicted octanol–water partition coefficient (Wildman–Crippen LogP) is 0.491. The highest BCUT2D eigenvalue weighted by molar-refractivity contribution is 4.94. The third-order valence-corrected chi connectivity index (χ3v) is 3.47. The first-order chi connectivity index (χ1) is 7.63. The van der Waals surface area contributed by atoms with E-state index in [4.69, 9.17) is 15.6 Å². The lowest BCUT2D eigenvalue weighted by Gasteiger charge is -2.42. The van der Waals surface area contributed by atoms with Gasteiger partial charge in [0.15, 0.2) is 0 Å². The first kappa shape index (κ1) is 13.9. The Bertz CT molecular complexity index is 199. The van der Waals surface area contributed by atoms with Gasteiger partial charge in [0.25, 0.3) is 0 Å². The minimum atomic E-state index is 0.0162. The van der Waals surface area contributed by atoms with Crippen LogP contribution in [0.25, 0.3) is 0 Å². The molecule has 96 valence electrons. The summed E-state index contributed by atoms with van der Waals surface area (Å²) < 4.78 is 5.76. The molecule has 1 aliphatic heterocycles. The van der Waals surface area contributed by atoms with Gasteiger partial charge < -0.3 is 20.9 Å². The molecule has 16 heavy (non-hydrogen) atoms. The normalized spacial score (nSPS) is 30.9. The number of nitrogens with two attached hydrogens (primary N) is 1. The van der Waals surface area contributed by atoms with E-state index in [0.29, 0.717) is 18.6 Å². The van der Waals surface area contributed by atoms with E-state index < -0.39 is 0 Å². The van der Waals surface area contributed by atoms with E-state index in [2.05, 4.69) is 19.2 Å². The van der Waals surface area contributed by atoms with Gasteiger partial charge in [-0.1, -0.05) is 13.8 Å². The summed E-state index contributed by atoms with van der Waals surface area (Å²) in [6, 6.07) is 0. The third kappa shape index (κ3) is 3.70. The van der Waals surface area contributed by atoms with Crippen LogP contribution in [-0.4, -0.2) is 43.1 Å². The molecule has 1 aliphatic rings. The monoisotopic (exact) mass is 230 g/mol. The summed E-state index contributed by atoms with van der Waals surface area (Å²) in [5.74, 6) is 0.533. The Kier molecular flexibility index (Phi) is 5.69. The molecule has 0 saturated carbocycles. The van der Waals surface area contributed by atoms with Crippen molar-refractivity contribution in [1.29, 1.82) is 0 Å². The van der Waals surface area contributed by atoms with Crippen molar-refractivity contribution >= 4 is 0 Å². The molecule has 4 heteroatoms. The Balaban J connectivity index is 2.49. The van der Waals surface area contributed by atoms with E-state index in [0.717, 1.165) is 32.4 Å². The van der Waals surface area contributed by atoms with E-state index in [9.17, 15) is 0 Å². The minimum Gasteiger partial charge on any atom is -0.396 e. The highest BCUT2D eigenvalue weighted by Gasteiger charge is 2.36. The maximum absolute atomic E-state index is 8.80. The summed E-state index contributed by atoms with van der Waals surface area (Å²) in [7, 11) is 0. The molecule has 0 aliphatic carbocycles. The maximum Gasteiger partial charge on any atom is 0.0616 e. The third-order valence-electron chi connectivity index (χ3n) is 3.47. The number of hydrogen-bond acceptors (Lipinski definition) is 4. The highest BCUT2D eigenvalue weighted by Crippen LogP contribution is 2.27. The average molecular weight is 230 g/mol. The van der Waals surface area contributed by atoms with Gasteiger partial charge in [0, 0.05) is 25.3 Å². The van der Waals surface area contributed by atoms with Crippen molar-refractivity contribution in [3.8, 4) is 0 Å². The van der Waals surface area contributed by atoms with Crippen molar-refractivity contribution in [1.82, 2.24) is 5.32 Å². The molecule has 1 heterocycles. The molecule has 0 aromatic carbocycles. The Morgan fingerprint density at radius 3 is 2.88 bits per heavy atom. The largest absolute Gasteiger partial charge is 0.396 e. The van der Waals surface area contributed by atoms with Gasteiger partial charge >= 0.3 is 0 Å². The van der Waals surface area contributed by atoms with Crippen molar-refractivity contribution in [3.05, 3.63) is 0 Å². The van der Waals surface area contributed by atoms with E-state index in [1.54, 1.807) is 0 Å². The molecule has 0 aromatic rings. The van der Waals surface area contributed by atoms with Crippen LogP contribution >= 0.6 is 0 Å². The zero-order valence-electron chi connectivity index (χ0n) is 10.5. The van der Waals surface area contributed by atoms with Gasteiger partial charge in [0.05, 0.1) is 6.10 Å².